The molecule has 0 N–H and O–H groups in total. The Bertz CT molecular complexity index is 1630. The van der Waals surface area contributed by atoms with E-state index in [9.17, 15) is 4.79 Å². The predicted octanol–water partition coefficient (Wildman–Crippen LogP) is 5.55. The Labute approximate surface area is 322 Å². The molecule has 14 nitrogen and oxygen atoms in total. The Balaban J connectivity index is 1.05. The van der Waals surface area contributed by atoms with Crippen LogP contribution in [0.5, 0.6) is 5.75 Å². The summed E-state index contributed by atoms with van der Waals surface area (Å²) in [6.07, 6.45) is -9.44. The van der Waals surface area contributed by atoms with Gasteiger partial charge in [0.25, 0.3) is 0 Å². The molecule has 6 fully saturated rings. The van der Waals surface area contributed by atoms with Gasteiger partial charge in [-0.05, 0) is 85.6 Å². The third-order valence-corrected chi connectivity index (χ3v) is 11.1. The Morgan fingerprint density at radius 2 is 0.945 bits per heavy atom. The first kappa shape index (κ1) is 39.0. The summed E-state index contributed by atoms with van der Waals surface area (Å²) in [4.78, 5) is 14.2. The van der Waals surface area contributed by atoms with Crippen LogP contribution in [0, 0.1) is 0 Å². The van der Waals surface area contributed by atoms with E-state index in [1.54, 1.807) is 7.11 Å². The SMILES string of the molecule is COc1ccc(COC2(C)[C@@H]3OC(C)(C)O[C@H]3C(OC(=O)OC3[C@@H]4OC(C)(C)O[C@H]4C(OCc4ccccc4)[C@@H]4OC(C)(C)O[C@@H]34)[C@@H]3OC(C)(C)O[C@H]32)cc1. The molecule has 0 aromatic heterocycles. The van der Waals surface area contributed by atoms with E-state index in [2.05, 4.69) is 0 Å². The van der Waals surface area contributed by atoms with Crippen molar-refractivity contribution in [1.82, 2.24) is 0 Å². The van der Waals surface area contributed by atoms with Gasteiger partial charge >= 0.3 is 6.16 Å². The van der Waals surface area contributed by atoms with Crippen molar-refractivity contribution >= 4 is 6.16 Å². The van der Waals surface area contributed by atoms with E-state index in [0.717, 1.165) is 16.9 Å². The minimum atomic E-state index is -1.08. The summed E-state index contributed by atoms with van der Waals surface area (Å²) in [7, 11) is 1.62. The van der Waals surface area contributed by atoms with Crippen LogP contribution in [-0.4, -0.2) is 109 Å². The van der Waals surface area contributed by atoms with Gasteiger partial charge in [-0.15, -0.1) is 0 Å². The summed E-state index contributed by atoms with van der Waals surface area (Å²) in [6.45, 7) is 17.0. The summed E-state index contributed by atoms with van der Waals surface area (Å²) in [5.74, 6) is -3.36. The van der Waals surface area contributed by atoms with Crippen molar-refractivity contribution in [2.75, 3.05) is 7.11 Å². The van der Waals surface area contributed by atoms with Gasteiger partial charge in [-0.25, -0.2) is 4.79 Å². The van der Waals surface area contributed by atoms with Crippen molar-refractivity contribution in [3.05, 3.63) is 65.7 Å². The molecule has 302 valence electrons. The Morgan fingerprint density at radius 3 is 1.44 bits per heavy atom. The highest BCUT2D eigenvalue weighted by molar-refractivity contribution is 5.61. The predicted molar refractivity (Wildman–Crippen MR) is 192 cm³/mol. The molecule has 2 aromatic rings. The minimum Gasteiger partial charge on any atom is -0.497 e. The summed E-state index contributed by atoms with van der Waals surface area (Å²) < 4.78 is 82.8. The number of carbonyl (C=O) groups excluding carboxylic acids is 1. The molecule has 2 aliphatic carbocycles. The first-order valence-electron chi connectivity index (χ1n) is 19.1. The van der Waals surface area contributed by atoms with Crippen LogP contribution in [0.15, 0.2) is 54.6 Å². The van der Waals surface area contributed by atoms with Crippen molar-refractivity contribution in [3.8, 4) is 5.75 Å². The average Bonchev–Trinajstić information content (AvgIpc) is 3.84. The zero-order chi connectivity index (χ0) is 39.1. The van der Waals surface area contributed by atoms with Gasteiger partial charge < -0.3 is 61.6 Å². The number of hydrogen-bond acceptors (Lipinski definition) is 14. The normalized spacial score (nSPS) is 40.1. The van der Waals surface area contributed by atoms with Gasteiger partial charge in [0.05, 0.1) is 20.3 Å². The molecule has 2 saturated carbocycles. The molecule has 0 radical (unpaired) electrons. The topological polar surface area (TPSA) is 137 Å². The number of hydrogen-bond donors (Lipinski definition) is 0. The van der Waals surface area contributed by atoms with Gasteiger partial charge in [0.1, 0.15) is 66.3 Å². The summed E-state index contributed by atoms with van der Waals surface area (Å²) in [6, 6.07) is 17.5. The third-order valence-electron chi connectivity index (χ3n) is 11.1. The average molecular weight is 771 g/mol. The molecule has 0 spiro atoms. The maximum absolute atomic E-state index is 14.2. The second-order valence-electron chi connectivity index (χ2n) is 17.2. The van der Waals surface area contributed by atoms with E-state index in [0.29, 0.717) is 6.61 Å². The highest BCUT2D eigenvalue weighted by atomic mass is 16.8. The number of methoxy groups -OCH3 is 1. The lowest BCUT2D eigenvalue weighted by Gasteiger charge is -2.48. The monoisotopic (exact) mass is 770 g/mol. The number of fused-ring (bicyclic) bond motifs is 4. The molecule has 0 unspecified atom stereocenters. The van der Waals surface area contributed by atoms with Crippen molar-refractivity contribution < 1.29 is 66.4 Å². The molecule has 8 rings (SSSR count). The molecule has 8 atom stereocenters. The van der Waals surface area contributed by atoms with E-state index in [1.807, 2.05) is 117 Å². The summed E-state index contributed by atoms with van der Waals surface area (Å²) >= 11 is 0. The van der Waals surface area contributed by atoms with Crippen LogP contribution in [-0.2, 0) is 70.1 Å². The summed E-state index contributed by atoms with van der Waals surface area (Å²) in [5, 5.41) is 0. The van der Waals surface area contributed by atoms with Crippen LogP contribution in [0.1, 0.15) is 73.4 Å². The Kier molecular flexibility index (Phi) is 9.84. The second-order valence-corrected chi connectivity index (χ2v) is 17.2. The largest absolute Gasteiger partial charge is 0.509 e. The van der Waals surface area contributed by atoms with Crippen LogP contribution in [0.25, 0.3) is 0 Å². The zero-order valence-corrected chi connectivity index (χ0v) is 33.2. The molecule has 6 aliphatic rings. The van der Waals surface area contributed by atoms with Gasteiger partial charge in [0.15, 0.2) is 35.4 Å². The molecule has 0 bridgehead atoms. The molecular formula is C41H54O14. The molecule has 4 saturated heterocycles. The molecule has 4 heterocycles. The van der Waals surface area contributed by atoms with Gasteiger partial charge in [0.2, 0.25) is 0 Å². The van der Waals surface area contributed by atoms with Crippen LogP contribution < -0.4 is 4.74 Å². The fourth-order valence-electron chi connectivity index (χ4n) is 8.92. The van der Waals surface area contributed by atoms with Crippen LogP contribution in [0.3, 0.4) is 0 Å². The lowest BCUT2D eigenvalue weighted by atomic mass is 9.75. The van der Waals surface area contributed by atoms with Crippen molar-refractivity contribution in [2.45, 2.75) is 171 Å². The first-order chi connectivity index (χ1) is 25.9. The molecule has 4 aliphatic heterocycles. The van der Waals surface area contributed by atoms with Crippen molar-refractivity contribution in [1.29, 1.82) is 0 Å². The lowest BCUT2D eigenvalue weighted by Crippen LogP contribution is -2.69. The fraction of sp³-hybridized carbons (Fsp3) is 0.683. The van der Waals surface area contributed by atoms with Crippen LogP contribution >= 0.6 is 0 Å². The van der Waals surface area contributed by atoms with E-state index >= 15 is 0 Å². The maximum Gasteiger partial charge on any atom is 0.509 e. The van der Waals surface area contributed by atoms with Gasteiger partial charge in [-0.1, -0.05) is 42.5 Å². The maximum atomic E-state index is 14.2. The Hall–Kier alpha value is -2.89. The molecule has 14 heteroatoms. The second kappa shape index (κ2) is 13.9. The van der Waals surface area contributed by atoms with E-state index < -0.39 is 102 Å². The third kappa shape index (κ3) is 7.51. The van der Waals surface area contributed by atoms with E-state index in [-0.39, 0.29) is 6.61 Å². The van der Waals surface area contributed by atoms with Gasteiger partial charge in [-0.2, -0.15) is 0 Å². The van der Waals surface area contributed by atoms with Gasteiger partial charge in [0, 0.05) is 0 Å². The van der Waals surface area contributed by atoms with E-state index in [4.69, 9.17) is 61.6 Å². The lowest BCUT2D eigenvalue weighted by molar-refractivity contribution is -0.240. The smallest absolute Gasteiger partial charge is 0.497 e. The van der Waals surface area contributed by atoms with Gasteiger partial charge in [-0.3, -0.25) is 0 Å². The standard InChI is InChI=1S/C41H54O14/c1-37(2)48-28-25(44-20-22-14-12-11-13-15-22)29-31(51-38(3,4)49-29)26(30(28)50-37)46-36(42)47-27-32-34(54-39(5,6)52-32)41(9,35-33(27)53-40(7,8)55-35)45-21-23-16-18-24(43-10)19-17-23/h11-19,25-35H,20-21H2,1-10H3/t25?,26?,27?,28-,29-,30-,31-,32-,33-,34+,35+,41?/m0/s1. The molecule has 55 heavy (non-hydrogen) atoms. The molecule has 0 amide bonds. The fourth-order valence-corrected chi connectivity index (χ4v) is 8.92. The highest BCUT2D eigenvalue weighted by Crippen LogP contribution is 2.52. The van der Waals surface area contributed by atoms with Crippen molar-refractivity contribution in [2.24, 2.45) is 0 Å². The molecular weight excluding hydrogens is 716 g/mol. The number of benzene rings is 2. The highest BCUT2D eigenvalue weighted by Gasteiger charge is 2.71. The van der Waals surface area contributed by atoms with Crippen LogP contribution in [0.4, 0.5) is 4.79 Å². The number of ether oxygens (including phenoxy) is 13. The number of carbonyl (C=O) groups is 1. The van der Waals surface area contributed by atoms with Crippen molar-refractivity contribution in [3.63, 3.8) is 0 Å². The quantitative estimate of drug-likeness (QED) is 0.295. The molecule has 2 aromatic carbocycles. The van der Waals surface area contributed by atoms with Crippen LogP contribution in [0.2, 0.25) is 0 Å². The zero-order valence-electron chi connectivity index (χ0n) is 33.2. The Morgan fingerprint density at radius 1 is 0.527 bits per heavy atom. The number of rotatable bonds is 9. The summed E-state index contributed by atoms with van der Waals surface area (Å²) in [5.41, 5.74) is 0.830. The minimum absolute atomic E-state index is 0.244. The first-order valence-corrected chi connectivity index (χ1v) is 19.1. The van der Waals surface area contributed by atoms with E-state index in [1.165, 1.54) is 0 Å².